The number of aromatic nitrogens is 2. The minimum atomic E-state index is -0.981. The van der Waals surface area contributed by atoms with Gasteiger partial charge in [-0.15, -0.1) is 0 Å². The molecule has 14 nitrogen and oxygen atoms in total. The van der Waals surface area contributed by atoms with E-state index < -0.39 is 16.7 Å². The third-order valence-electron chi connectivity index (χ3n) is 12.1. The van der Waals surface area contributed by atoms with E-state index in [2.05, 4.69) is 31.2 Å². The number of aromatic amines is 2. The van der Waals surface area contributed by atoms with Crippen LogP contribution in [0.5, 0.6) is 34.5 Å². The number of benzene rings is 6. The number of rotatable bonds is 18. The lowest BCUT2D eigenvalue weighted by molar-refractivity contribution is 0.0967. The summed E-state index contributed by atoms with van der Waals surface area (Å²) in [6.07, 6.45) is 3.07. The van der Waals surface area contributed by atoms with Crippen LogP contribution in [0.4, 0.5) is 20.2 Å². The number of aryl methyl sites for hydroxylation is 2. The van der Waals surface area contributed by atoms with Crippen molar-refractivity contribution in [3.63, 3.8) is 0 Å². The van der Waals surface area contributed by atoms with E-state index in [0.29, 0.717) is 100 Å². The second kappa shape index (κ2) is 26.0. The molecule has 19 heteroatoms. The fraction of sp³-hybridized carbons (Fsp3) is 0.250. The highest BCUT2D eigenvalue weighted by Crippen LogP contribution is 2.40. The van der Waals surface area contributed by atoms with Crippen molar-refractivity contribution in [2.75, 3.05) is 65.9 Å². The summed E-state index contributed by atoms with van der Waals surface area (Å²) in [5.74, 6) is 1.61. The maximum atomic E-state index is 15.4. The first-order valence-corrected chi connectivity index (χ1v) is 24.9. The van der Waals surface area contributed by atoms with Crippen LogP contribution in [0.1, 0.15) is 65.0 Å². The number of ketones is 2. The van der Waals surface area contributed by atoms with Gasteiger partial charge in [-0.3, -0.25) is 9.59 Å². The molecule has 8 rings (SSSR count). The second-order valence-corrected chi connectivity index (χ2v) is 18.7. The summed E-state index contributed by atoms with van der Waals surface area (Å²) in [4.78, 5) is 32.4. The van der Waals surface area contributed by atoms with Crippen LogP contribution in [0, 0.1) is 39.3 Å². The summed E-state index contributed by atoms with van der Waals surface area (Å²) >= 11 is 15.6. The van der Waals surface area contributed by atoms with Gasteiger partial charge in [-0.05, 0) is 86.3 Å². The predicted octanol–water partition coefficient (Wildman–Crippen LogP) is 12.6. The summed E-state index contributed by atoms with van der Waals surface area (Å²) in [6, 6.07) is 22.9. The highest BCUT2D eigenvalue weighted by Gasteiger charge is 2.30. The molecule has 6 aromatic carbocycles. The second-order valence-electron chi connectivity index (χ2n) is 16.9. The number of aliphatic hydroxyl groups is 2. The standard InChI is InChI=1S/C28H28ClFN2O5.C19H16BrClFNO2.C9H13NO3/c1-15-9-23-25(26(30)16(15)2)22(14-31-23)28(34)27(21-6-5-17(29)10-24(21)36-4)32-18-11-19(35-3)13-20(12-18)37-8-7-33;1-9-6-14-16(18(22)10(9)2)13(8-23-14)19(24)17(20)12-5-4-11(21)7-15(12)25-3;1-12-8-4-7(10)5-9(6-8)13-3-2-11/h5-6,9-14,27,31-33H,7-8H2,1-4H3;4-8,17,23H,1-3H3;4-6,11H,2-3,10H2,1H3. The van der Waals surface area contributed by atoms with Gasteiger partial charge in [0.25, 0.3) is 0 Å². The Morgan fingerprint density at radius 1 is 0.627 bits per heavy atom. The monoisotopic (exact) mass is 1130 g/mol. The van der Waals surface area contributed by atoms with Crippen LogP contribution in [0.3, 0.4) is 0 Å². The minimum Gasteiger partial charge on any atom is -0.497 e. The van der Waals surface area contributed by atoms with E-state index in [1.54, 1.807) is 100.0 Å². The van der Waals surface area contributed by atoms with Crippen LogP contribution in [0.25, 0.3) is 21.8 Å². The number of alkyl halides is 1. The van der Waals surface area contributed by atoms with Crippen LogP contribution in [0.15, 0.2) is 97.3 Å². The fourth-order valence-corrected chi connectivity index (χ4v) is 8.97. The Labute approximate surface area is 451 Å². The molecule has 0 amide bonds. The Balaban J connectivity index is 0.000000206. The third kappa shape index (κ3) is 13.5. The van der Waals surface area contributed by atoms with Crippen molar-refractivity contribution in [2.24, 2.45) is 0 Å². The number of anilines is 2. The normalized spacial score (nSPS) is 11.7. The number of hydrogen-bond acceptors (Lipinski definition) is 12. The van der Waals surface area contributed by atoms with E-state index in [1.165, 1.54) is 27.5 Å². The van der Waals surface area contributed by atoms with Crippen LogP contribution >= 0.6 is 39.1 Å². The molecule has 0 fully saturated rings. The molecule has 75 heavy (non-hydrogen) atoms. The average molecular weight is 1130 g/mol. The highest BCUT2D eigenvalue weighted by molar-refractivity contribution is 9.09. The van der Waals surface area contributed by atoms with Gasteiger partial charge in [0.15, 0.2) is 11.6 Å². The van der Waals surface area contributed by atoms with Crippen molar-refractivity contribution in [3.05, 3.63) is 164 Å². The maximum Gasteiger partial charge on any atom is 0.191 e. The van der Waals surface area contributed by atoms with E-state index in [-0.39, 0.29) is 54.8 Å². The van der Waals surface area contributed by atoms with E-state index in [0.717, 1.165) is 11.1 Å². The number of Topliss-reactive ketones (excluding diaryl/α,β-unsaturated/α-hetero) is 2. The van der Waals surface area contributed by atoms with Gasteiger partial charge in [0.1, 0.15) is 70.2 Å². The lowest BCUT2D eigenvalue weighted by atomic mass is 9.94. The van der Waals surface area contributed by atoms with Gasteiger partial charge in [-0.2, -0.15) is 0 Å². The SMILES string of the molecule is COc1cc(Cl)ccc1C(Br)C(=O)c1c[nH]c2cc(C)c(C)c(F)c12.COc1cc(N)cc(OCCO)c1.COc1cc(NC(C(=O)c2c[nH]c3cc(C)c(C)c(F)c23)c2ccc(Cl)cc2OC)cc(OCCO)c1. The van der Waals surface area contributed by atoms with E-state index in [4.69, 9.17) is 67.6 Å². The summed E-state index contributed by atoms with van der Waals surface area (Å²) in [7, 11) is 6.07. The molecular formula is C56H57BrCl2F2N4O10. The molecule has 0 spiro atoms. The van der Waals surface area contributed by atoms with Gasteiger partial charge >= 0.3 is 0 Å². The molecule has 0 aliphatic rings. The predicted molar refractivity (Wildman–Crippen MR) is 294 cm³/mol. The molecule has 0 aliphatic heterocycles. The number of ether oxygens (including phenoxy) is 6. The van der Waals surface area contributed by atoms with Crippen molar-refractivity contribution in [1.29, 1.82) is 0 Å². The lowest BCUT2D eigenvalue weighted by Gasteiger charge is -2.22. The van der Waals surface area contributed by atoms with Gasteiger partial charge in [0.05, 0.1) is 41.7 Å². The zero-order valence-electron chi connectivity index (χ0n) is 42.3. The molecule has 396 valence electrons. The zero-order valence-corrected chi connectivity index (χ0v) is 45.4. The van der Waals surface area contributed by atoms with Crippen molar-refractivity contribution in [3.8, 4) is 34.5 Å². The molecule has 2 heterocycles. The molecule has 0 saturated carbocycles. The first kappa shape index (κ1) is 57.3. The quantitative estimate of drug-likeness (QED) is 0.0270. The number of hydrogen-bond donors (Lipinski definition) is 6. The van der Waals surface area contributed by atoms with E-state index in [1.807, 2.05) is 26.0 Å². The number of carbonyl (C=O) groups is 2. The topological polar surface area (TPSA) is 200 Å². The number of aliphatic hydroxyl groups excluding tert-OH is 2. The number of nitrogen functional groups attached to an aromatic ring is 1. The number of nitrogens with two attached hydrogens (primary N) is 1. The summed E-state index contributed by atoms with van der Waals surface area (Å²) in [6.45, 7) is 7.23. The molecule has 2 atom stereocenters. The van der Waals surface area contributed by atoms with E-state index in [9.17, 15) is 14.0 Å². The molecule has 7 N–H and O–H groups in total. The van der Waals surface area contributed by atoms with Crippen LogP contribution in [-0.4, -0.2) is 86.6 Å². The van der Waals surface area contributed by atoms with Crippen molar-refractivity contribution >= 4 is 83.9 Å². The van der Waals surface area contributed by atoms with Crippen LogP contribution in [-0.2, 0) is 0 Å². The molecule has 0 saturated heterocycles. The molecule has 0 bridgehead atoms. The largest absolute Gasteiger partial charge is 0.497 e. The van der Waals surface area contributed by atoms with Crippen molar-refractivity contribution in [2.45, 2.75) is 38.6 Å². The van der Waals surface area contributed by atoms with Gasteiger partial charge in [-0.1, -0.05) is 51.3 Å². The maximum absolute atomic E-state index is 15.4. The number of fused-ring (bicyclic) bond motifs is 2. The number of methoxy groups -OCH3 is 4. The molecule has 2 aromatic heterocycles. The summed E-state index contributed by atoms with van der Waals surface area (Å²) in [5, 5.41) is 22.4. The molecule has 8 aromatic rings. The Hall–Kier alpha value is -7.02. The summed E-state index contributed by atoms with van der Waals surface area (Å²) < 4.78 is 62.1. The molecule has 0 radical (unpaired) electrons. The van der Waals surface area contributed by atoms with Gasteiger partial charge in [0.2, 0.25) is 0 Å². The van der Waals surface area contributed by atoms with E-state index >= 15 is 4.39 Å². The van der Waals surface area contributed by atoms with Crippen LogP contribution in [0.2, 0.25) is 10.0 Å². The Kier molecular flexibility index (Phi) is 19.8. The summed E-state index contributed by atoms with van der Waals surface area (Å²) in [5.41, 5.74) is 12.1. The number of nitrogens with one attached hydrogen (secondary N) is 3. The first-order valence-electron chi connectivity index (χ1n) is 23.2. The third-order valence-corrected chi connectivity index (χ3v) is 13.5. The smallest absolute Gasteiger partial charge is 0.191 e. The van der Waals surface area contributed by atoms with Crippen molar-refractivity contribution in [1.82, 2.24) is 9.97 Å². The van der Waals surface area contributed by atoms with Crippen molar-refractivity contribution < 1.29 is 57.0 Å². The van der Waals surface area contributed by atoms with Gasteiger partial charge < -0.3 is 59.7 Å². The van der Waals surface area contributed by atoms with Gasteiger partial charge in [-0.25, -0.2) is 8.78 Å². The molecular weight excluding hydrogens is 1080 g/mol. The zero-order chi connectivity index (χ0) is 54.7. The fourth-order valence-electron chi connectivity index (χ4n) is 8.02. The van der Waals surface area contributed by atoms with Gasteiger partial charge in [0, 0.05) is 114 Å². The average Bonchev–Trinajstić information content (AvgIpc) is 4.04. The molecule has 2 unspecified atom stereocenters. The highest BCUT2D eigenvalue weighted by atomic mass is 79.9. The Morgan fingerprint density at radius 3 is 1.56 bits per heavy atom. The number of halogens is 5. The molecule has 0 aliphatic carbocycles. The minimum absolute atomic E-state index is 0.0168. The Bertz CT molecular complexity index is 3330. The first-order chi connectivity index (χ1) is 35.9. The number of H-pyrrole nitrogens is 2. The number of carbonyl (C=O) groups excluding carboxylic acids is 2. The lowest BCUT2D eigenvalue weighted by Crippen LogP contribution is -2.22. The van der Waals surface area contributed by atoms with Crippen LogP contribution < -0.4 is 39.5 Å². The Morgan fingerprint density at radius 2 is 1.07 bits per heavy atom.